The summed E-state index contributed by atoms with van der Waals surface area (Å²) in [6.45, 7) is 6.38. The molecule has 0 atom stereocenters. The Morgan fingerprint density at radius 2 is 1.93 bits per heavy atom. The summed E-state index contributed by atoms with van der Waals surface area (Å²) in [7, 11) is 0. The van der Waals surface area contributed by atoms with Gasteiger partial charge in [0.2, 0.25) is 0 Å². The van der Waals surface area contributed by atoms with Crippen molar-refractivity contribution < 1.29 is 4.79 Å². The fourth-order valence-electron chi connectivity index (χ4n) is 1.60. The molecule has 0 saturated heterocycles. The largest absolute Gasteiger partial charge is 0.299 e. The van der Waals surface area contributed by atoms with E-state index in [4.69, 9.17) is 0 Å². The molecule has 1 aromatic rings. The van der Waals surface area contributed by atoms with Crippen LogP contribution in [-0.4, -0.2) is 6.29 Å². The van der Waals surface area contributed by atoms with Crippen molar-refractivity contribution in [1.82, 2.24) is 0 Å². The molecule has 0 bridgehead atoms. The zero-order valence-electron chi connectivity index (χ0n) is 9.00. The molecule has 0 N–H and O–H groups in total. The number of allylic oxidation sites excluding steroid dienone is 1. The maximum absolute atomic E-state index is 10.2. The normalized spacial score (nSPS) is 10.8. The highest BCUT2D eigenvalue weighted by Gasteiger charge is 2.02. The van der Waals surface area contributed by atoms with Crippen LogP contribution in [0.15, 0.2) is 18.2 Å². The Kier molecular flexibility index (Phi) is 3.63. The third kappa shape index (κ3) is 2.11. The Balaban J connectivity index is 3.16. The van der Waals surface area contributed by atoms with E-state index in [-0.39, 0.29) is 0 Å². The summed E-state index contributed by atoms with van der Waals surface area (Å²) in [5.74, 6) is 0. The molecule has 0 heterocycles. The highest BCUT2D eigenvalue weighted by molar-refractivity contribution is 5.75. The van der Waals surface area contributed by atoms with Gasteiger partial charge in [0.25, 0.3) is 0 Å². The van der Waals surface area contributed by atoms with Crippen molar-refractivity contribution in [2.75, 3.05) is 0 Å². The number of aryl methyl sites for hydroxylation is 1. The number of hydrogen-bond acceptors (Lipinski definition) is 1. The zero-order chi connectivity index (χ0) is 10.6. The van der Waals surface area contributed by atoms with E-state index in [1.165, 1.54) is 22.8 Å². The SMILES string of the molecule is CCc1ccc(/C=C/C=O)c(C)c1C. The molecule has 1 rings (SSSR count). The van der Waals surface area contributed by atoms with Gasteiger partial charge in [-0.05, 0) is 48.6 Å². The van der Waals surface area contributed by atoms with Crippen LogP contribution in [0.3, 0.4) is 0 Å². The molecule has 0 radical (unpaired) electrons. The maximum Gasteiger partial charge on any atom is 0.142 e. The molecule has 0 saturated carbocycles. The third-order valence-electron chi connectivity index (χ3n) is 2.68. The number of carbonyl (C=O) groups is 1. The lowest BCUT2D eigenvalue weighted by Gasteiger charge is -2.09. The molecule has 1 aromatic carbocycles. The molecule has 0 aromatic heterocycles. The minimum absolute atomic E-state index is 0.808. The Morgan fingerprint density at radius 3 is 2.50 bits per heavy atom. The number of aldehydes is 1. The smallest absolute Gasteiger partial charge is 0.142 e. The number of hydrogen-bond donors (Lipinski definition) is 0. The van der Waals surface area contributed by atoms with Gasteiger partial charge in [-0.3, -0.25) is 4.79 Å². The molecule has 0 amide bonds. The first-order valence-corrected chi connectivity index (χ1v) is 4.91. The summed E-state index contributed by atoms with van der Waals surface area (Å²) < 4.78 is 0. The summed E-state index contributed by atoms with van der Waals surface area (Å²) in [5, 5.41) is 0. The highest BCUT2D eigenvalue weighted by atomic mass is 16.1. The van der Waals surface area contributed by atoms with Crippen LogP contribution in [0.1, 0.15) is 29.2 Å². The van der Waals surface area contributed by atoms with Crippen molar-refractivity contribution in [1.29, 1.82) is 0 Å². The van der Waals surface area contributed by atoms with Gasteiger partial charge < -0.3 is 0 Å². The van der Waals surface area contributed by atoms with Gasteiger partial charge in [0.1, 0.15) is 6.29 Å². The minimum atomic E-state index is 0.808. The first-order valence-electron chi connectivity index (χ1n) is 4.91. The van der Waals surface area contributed by atoms with Crippen LogP contribution in [0.5, 0.6) is 0 Å². The minimum Gasteiger partial charge on any atom is -0.299 e. The Morgan fingerprint density at radius 1 is 1.21 bits per heavy atom. The lowest BCUT2D eigenvalue weighted by atomic mass is 9.96. The second kappa shape index (κ2) is 4.75. The predicted octanol–water partition coefficient (Wildman–Crippen LogP) is 3.08. The quantitative estimate of drug-likeness (QED) is 0.526. The second-order valence-electron chi connectivity index (χ2n) is 3.41. The van der Waals surface area contributed by atoms with Crippen LogP contribution in [0.2, 0.25) is 0 Å². The first-order chi connectivity index (χ1) is 6.70. The van der Waals surface area contributed by atoms with Crippen LogP contribution >= 0.6 is 0 Å². The monoisotopic (exact) mass is 188 g/mol. The van der Waals surface area contributed by atoms with E-state index < -0.39 is 0 Å². The number of carbonyl (C=O) groups excluding carboxylic acids is 1. The van der Waals surface area contributed by atoms with E-state index in [2.05, 4.69) is 32.9 Å². The van der Waals surface area contributed by atoms with Crippen molar-refractivity contribution >= 4 is 12.4 Å². The van der Waals surface area contributed by atoms with Gasteiger partial charge in [0.05, 0.1) is 0 Å². The Labute approximate surface area is 85.5 Å². The lowest BCUT2D eigenvalue weighted by molar-refractivity contribution is -0.104. The van der Waals surface area contributed by atoms with Crippen molar-refractivity contribution in [2.24, 2.45) is 0 Å². The van der Waals surface area contributed by atoms with Gasteiger partial charge in [0, 0.05) is 0 Å². The molecule has 0 aliphatic carbocycles. The lowest BCUT2D eigenvalue weighted by Crippen LogP contribution is -1.92. The van der Waals surface area contributed by atoms with Crippen LogP contribution in [0.4, 0.5) is 0 Å². The molecule has 0 unspecified atom stereocenters. The topological polar surface area (TPSA) is 17.1 Å². The van der Waals surface area contributed by atoms with Crippen molar-refractivity contribution in [3.8, 4) is 0 Å². The van der Waals surface area contributed by atoms with E-state index in [0.29, 0.717) is 0 Å². The van der Waals surface area contributed by atoms with Crippen molar-refractivity contribution in [3.05, 3.63) is 40.5 Å². The maximum atomic E-state index is 10.2. The average Bonchev–Trinajstić information content (AvgIpc) is 2.20. The summed E-state index contributed by atoms with van der Waals surface area (Å²) in [5.41, 5.74) is 5.11. The highest BCUT2D eigenvalue weighted by Crippen LogP contribution is 2.19. The molecule has 0 aliphatic heterocycles. The van der Waals surface area contributed by atoms with E-state index >= 15 is 0 Å². The van der Waals surface area contributed by atoms with Crippen LogP contribution in [-0.2, 0) is 11.2 Å². The standard InChI is InChI=1S/C13H16O/c1-4-12-7-8-13(6-5-9-14)11(3)10(12)2/h5-9H,4H2,1-3H3/b6-5+. The van der Waals surface area contributed by atoms with E-state index in [1.807, 2.05) is 6.08 Å². The van der Waals surface area contributed by atoms with Crippen LogP contribution in [0, 0.1) is 13.8 Å². The molecule has 1 heteroatoms. The van der Waals surface area contributed by atoms with Crippen LogP contribution < -0.4 is 0 Å². The summed E-state index contributed by atoms with van der Waals surface area (Å²) in [4.78, 5) is 10.2. The van der Waals surface area contributed by atoms with Gasteiger partial charge in [-0.2, -0.15) is 0 Å². The van der Waals surface area contributed by atoms with Gasteiger partial charge in [0.15, 0.2) is 0 Å². The van der Waals surface area contributed by atoms with Gasteiger partial charge in [-0.1, -0.05) is 25.1 Å². The first kappa shape index (κ1) is 10.7. The molecule has 14 heavy (non-hydrogen) atoms. The zero-order valence-corrected chi connectivity index (χ0v) is 9.00. The number of benzene rings is 1. The van der Waals surface area contributed by atoms with Crippen LogP contribution in [0.25, 0.3) is 6.08 Å². The summed E-state index contributed by atoms with van der Waals surface area (Å²) in [6.07, 6.45) is 5.26. The number of rotatable bonds is 3. The fraction of sp³-hybridized carbons (Fsp3) is 0.308. The second-order valence-corrected chi connectivity index (χ2v) is 3.41. The molecule has 0 aliphatic rings. The van der Waals surface area contributed by atoms with E-state index in [9.17, 15) is 4.79 Å². The molecular formula is C13H16O. The molecular weight excluding hydrogens is 172 g/mol. The van der Waals surface area contributed by atoms with Gasteiger partial charge >= 0.3 is 0 Å². The molecule has 0 fully saturated rings. The summed E-state index contributed by atoms with van der Waals surface area (Å²) in [6, 6.07) is 4.20. The van der Waals surface area contributed by atoms with Gasteiger partial charge in [-0.25, -0.2) is 0 Å². The third-order valence-corrected chi connectivity index (χ3v) is 2.68. The predicted molar refractivity (Wildman–Crippen MR) is 60.4 cm³/mol. The Hall–Kier alpha value is -1.37. The van der Waals surface area contributed by atoms with E-state index in [1.54, 1.807) is 0 Å². The Bertz CT molecular complexity index is 362. The molecule has 0 spiro atoms. The van der Waals surface area contributed by atoms with Crippen molar-refractivity contribution in [2.45, 2.75) is 27.2 Å². The molecule has 74 valence electrons. The fourth-order valence-corrected chi connectivity index (χ4v) is 1.60. The van der Waals surface area contributed by atoms with Gasteiger partial charge in [-0.15, -0.1) is 0 Å². The summed E-state index contributed by atoms with van der Waals surface area (Å²) >= 11 is 0. The van der Waals surface area contributed by atoms with Crippen molar-refractivity contribution in [3.63, 3.8) is 0 Å². The average molecular weight is 188 g/mol. The molecule has 1 nitrogen and oxygen atoms in total. The van der Waals surface area contributed by atoms with E-state index in [0.717, 1.165) is 18.3 Å².